The van der Waals surface area contributed by atoms with Gasteiger partial charge in [0, 0.05) is 0 Å². The van der Waals surface area contributed by atoms with E-state index < -0.39 is 41.2 Å². The Kier molecular flexibility index (Phi) is 11.1. The predicted molar refractivity (Wildman–Crippen MR) is 149 cm³/mol. The summed E-state index contributed by atoms with van der Waals surface area (Å²) in [5.74, 6) is 0.664. The number of fused-ring (bicyclic) bond motifs is 2. The molecule has 242 valence electrons. The Morgan fingerprint density at radius 2 is 1.43 bits per heavy atom. The molecule has 3 rings (SSSR count). The molecular formula is C32H48F6O4. The van der Waals surface area contributed by atoms with E-state index in [1.807, 2.05) is 13.0 Å². The Labute approximate surface area is 245 Å². The lowest BCUT2D eigenvalue weighted by atomic mass is 9.59. The molecule has 0 amide bonds. The minimum atomic E-state index is -5.90. The summed E-state index contributed by atoms with van der Waals surface area (Å²) < 4.78 is 79.8. The topological polar surface area (TPSA) is 80.9 Å². The van der Waals surface area contributed by atoms with E-state index in [0.717, 1.165) is 50.2 Å². The maximum atomic E-state index is 13.3. The van der Waals surface area contributed by atoms with Crippen LogP contribution in [0.2, 0.25) is 0 Å². The van der Waals surface area contributed by atoms with Crippen LogP contribution in [0.15, 0.2) is 35.5 Å². The van der Waals surface area contributed by atoms with Crippen LogP contribution in [0.4, 0.5) is 26.3 Å². The quantitative estimate of drug-likeness (QED) is 0.159. The molecule has 3 aliphatic carbocycles. The van der Waals surface area contributed by atoms with E-state index in [-0.39, 0.29) is 24.3 Å². The highest BCUT2D eigenvalue weighted by atomic mass is 19.4. The lowest BCUT2D eigenvalue weighted by Gasteiger charge is -2.46. The monoisotopic (exact) mass is 610 g/mol. The van der Waals surface area contributed by atoms with Crippen molar-refractivity contribution >= 4 is 0 Å². The number of alkyl halides is 6. The molecule has 4 nitrogen and oxygen atoms in total. The van der Waals surface area contributed by atoms with Crippen molar-refractivity contribution in [2.24, 2.45) is 23.2 Å². The summed E-state index contributed by atoms with van der Waals surface area (Å²) in [5, 5.41) is 39.9. The molecule has 0 unspecified atom stereocenters. The molecule has 0 heterocycles. The fourth-order valence-corrected chi connectivity index (χ4v) is 7.57. The van der Waals surface area contributed by atoms with Crippen LogP contribution in [0.5, 0.6) is 0 Å². The smallest absolute Gasteiger partial charge is 0.393 e. The van der Waals surface area contributed by atoms with Crippen LogP contribution >= 0.6 is 0 Å². The first kappa shape index (κ1) is 35.1. The second-order valence-electron chi connectivity index (χ2n) is 14.0. The first-order chi connectivity index (χ1) is 19.2. The molecule has 4 N–H and O–H groups in total. The molecule has 3 aliphatic rings. The molecule has 0 saturated heterocycles. The van der Waals surface area contributed by atoms with Gasteiger partial charge in [-0.2, -0.15) is 26.3 Å². The Morgan fingerprint density at radius 1 is 0.810 bits per heavy atom. The zero-order valence-electron chi connectivity index (χ0n) is 24.9. The van der Waals surface area contributed by atoms with Gasteiger partial charge in [-0.1, -0.05) is 42.7 Å². The van der Waals surface area contributed by atoms with Crippen molar-refractivity contribution in [3.05, 3.63) is 35.5 Å². The lowest BCUT2D eigenvalue weighted by Crippen LogP contribution is -2.55. The molecule has 0 radical (unpaired) electrons. The standard InChI is InChI=1S/C32H48F6O4/c1-28(2,41)13-5-14-29(3,15-6-16-30(42,31(33,34)35)32(36,37)38)27-12-11-23-19-24(27)8-4-7-22(23)10-9-21-17-25(39)20-26(40)18-21/h6,9-10,16,23-27,39-42H,4-5,7-8,11-15,17-20H2,1-3H3/b16-6-,22-10+/t23-,24-,25-,26-,27+,29-/m1/s1. The highest BCUT2D eigenvalue weighted by Gasteiger charge is 2.69. The van der Waals surface area contributed by atoms with Gasteiger partial charge in [-0.3, -0.25) is 0 Å². The van der Waals surface area contributed by atoms with Gasteiger partial charge in [0.15, 0.2) is 0 Å². The number of rotatable bonds is 9. The zero-order valence-corrected chi connectivity index (χ0v) is 24.9. The average molecular weight is 611 g/mol. The van der Waals surface area contributed by atoms with Crippen LogP contribution in [0, 0.1) is 23.2 Å². The van der Waals surface area contributed by atoms with Gasteiger partial charge in [0.05, 0.1) is 17.8 Å². The van der Waals surface area contributed by atoms with Crippen LogP contribution in [-0.2, 0) is 0 Å². The van der Waals surface area contributed by atoms with Crippen LogP contribution in [0.1, 0.15) is 104 Å². The van der Waals surface area contributed by atoms with Crippen molar-refractivity contribution in [1.29, 1.82) is 0 Å². The largest absolute Gasteiger partial charge is 0.429 e. The van der Waals surface area contributed by atoms with Gasteiger partial charge in [0.25, 0.3) is 5.60 Å². The second-order valence-corrected chi connectivity index (χ2v) is 14.0. The fourth-order valence-electron chi connectivity index (χ4n) is 7.57. The summed E-state index contributed by atoms with van der Waals surface area (Å²) in [4.78, 5) is 0. The Bertz CT molecular complexity index is 966. The molecule has 0 aromatic rings. The summed E-state index contributed by atoms with van der Waals surface area (Å²) >= 11 is 0. The molecule has 10 heteroatoms. The van der Waals surface area contributed by atoms with E-state index in [0.29, 0.717) is 44.4 Å². The first-order valence-corrected chi connectivity index (χ1v) is 15.2. The second kappa shape index (κ2) is 13.3. The number of aliphatic hydroxyl groups is 4. The lowest BCUT2D eigenvalue weighted by molar-refractivity contribution is -0.347. The van der Waals surface area contributed by atoms with E-state index in [2.05, 4.69) is 6.08 Å². The van der Waals surface area contributed by atoms with E-state index >= 15 is 0 Å². The summed E-state index contributed by atoms with van der Waals surface area (Å²) in [7, 11) is 0. The van der Waals surface area contributed by atoms with Crippen LogP contribution in [0.25, 0.3) is 0 Å². The van der Waals surface area contributed by atoms with Crippen molar-refractivity contribution in [3.8, 4) is 0 Å². The Morgan fingerprint density at radius 3 is 2.00 bits per heavy atom. The highest BCUT2D eigenvalue weighted by Crippen LogP contribution is 2.54. The van der Waals surface area contributed by atoms with Crippen molar-refractivity contribution in [1.82, 2.24) is 0 Å². The van der Waals surface area contributed by atoms with Crippen molar-refractivity contribution in [2.45, 2.75) is 140 Å². The molecule has 0 spiro atoms. The molecule has 3 fully saturated rings. The van der Waals surface area contributed by atoms with Crippen LogP contribution in [0.3, 0.4) is 0 Å². The zero-order chi connectivity index (χ0) is 31.6. The molecule has 0 aromatic carbocycles. The normalized spacial score (nSPS) is 30.8. The number of hydrogen-bond donors (Lipinski definition) is 4. The van der Waals surface area contributed by atoms with Gasteiger partial charge in [0.1, 0.15) is 0 Å². The summed E-state index contributed by atoms with van der Waals surface area (Å²) in [5.41, 5.74) is -4.12. The molecule has 0 aromatic heterocycles. The van der Waals surface area contributed by atoms with Crippen molar-refractivity contribution in [2.75, 3.05) is 0 Å². The minimum Gasteiger partial charge on any atom is -0.393 e. The number of aliphatic hydroxyl groups excluding tert-OH is 2. The molecule has 6 atom stereocenters. The Balaban J connectivity index is 1.81. The maximum Gasteiger partial charge on any atom is 0.429 e. The molecule has 0 aliphatic heterocycles. The molecule has 2 bridgehead atoms. The Hall–Kier alpha value is -1.36. The van der Waals surface area contributed by atoms with Crippen LogP contribution < -0.4 is 0 Å². The summed E-state index contributed by atoms with van der Waals surface area (Å²) in [6.07, 6.45) is 0.275. The minimum absolute atomic E-state index is 0.0430. The third-order valence-electron chi connectivity index (χ3n) is 9.86. The summed E-state index contributed by atoms with van der Waals surface area (Å²) in [6, 6.07) is 0. The SMILES string of the molecule is CC(C)(O)CCC[C@](C)(C/C=C\C(O)(C(F)(F)F)C(F)(F)F)[C@H]1CC[C@@H]2C[C@H]1CCC/C2=C\C=C1C[C@@H](O)C[C@H](O)C1. The summed E-state index contributed by atoms with van der Waals surface area (Å²) in [6.45, 7) is 5.27. The van der Waals surface area contributed by atoms with Gasteiger partial charge in [-0.15, -0.1) is 0 Å². The molecule has 3 saturated carbocycles. The number of halogens is 6. The molecule has 42 heavy (non-hydrogen) atoms. The van der Waals surface area contributed by atoms with Crippen LogP contribution in [-0.4, -0.2) is 56.2 Å². The molecular weight excluding hydrogens is 562 g/mol. The highest BCUT2D eigenvalue weighted by molar-refractivity contribution is 5.23. The van der Waals surface area contributed by atoms with Gasteiger partial charge in [-0.05, 0) is 120 Å². The number of allylic oxidation sites excluding steroid dienone is 4. The first-order valence-electron chi connectivity index (χ1n) is 15.2. The average Bonchev–Trinajstić information content (AvgIpc) is 2.97. The van der Waals surface area contributed by atoms with E-state index in [1.54, 1.807) is 13.8 Å². The van der Waals surface area contributed by atoms with Gasteiger partial charge < -0.3 is 20.4 Å². The fraction of sp³-hybridized carbons (Fsp3) is 0.812. The van der Waals surface area contributed by atoms with Gasteiger partial charge >= 0.3 is 12.4 Å². The number of hydrogen-bond acceptors (Lipinski definition) is 4. The van der Waals surface area contributed by atoms with Gasteiger partial charge in [0.2, 0.25) is 0 Å². The third-order valence-corrected chi connectivity index (χ3v) is 9.86. The third kappa shape index (κ3) is 8.85. The van der Waals surface area contributed by atoms with Gasteiger partial charge in [-0.25, -0.2) is 0 Å². The van der Waals surface area contributed by atoms with E-state index in [9.17, 15) is 46.8 Å². The van der Waals surface area contributed by atoms with Crippen molar-refractivity contribution < 1.29 is 46.8 Å². The van der Waals surface area contributed by atoms with E-state index in [4.69, 9.17) is 0 Å². The van der Waals surface area contributed by atoms with E-state index in [1.165, 1.54) is 5.57 Å². The predicted octanol–water partition coefficient (Wildman–Crippen LogP) is 7.71. The van der Waals surface area contributed by atoms with Crippen molar-refractivity contribution in [3.63, 3.8) is 0 Å². The maximum absolute atomic E-state index is 13.3.